The van der Waals surface area contributed by atoms with Gasteiger partial charge in [-0.1, -0.05) is 6.07 Å². The molecular formula is C13H21N3S. The van der Waals surface area contributed by atoms with Crippen LogP contribution < -0.4 is 5.32 Å². The Labute approximate surface area is 108 Å². The van der Waals surface area contributed by atoms with Crippen LogP contribution in [0.1, 0.15) is 18.5 Å². The van der Waals surface area contributed by atoms with Gasteiger partial charge in [0.25, 0.3) is 0 Å². The molecule has 1 aliphatic heterocycles. The Kier molecular flexibility index (Phi) is 5.29. The van der Waals surface area contributed by atoms with E-state index in [9.17, 15) is 0 Å². The Morgan fingerprint density at radius 3 is 3.00 bits per heavy atom. The Hall–Kier alpha value is -0.580. The lowest BCUT2D eigenvalue weighted by atomic mass is 10.1. The molecule has 1 unspecified atom stereocenters. The number of nitrogens with one attached hydrogen (secondary N) is 1. The Balaban J connectivity index is 1.67. The van der Waals surface area contributed by atoms with Crippen molar-refractivity contribution in [2.45, 2.75) is 13.0 Å². The average molecular weight is 251 g/mol. The van der Waals surface area contributed by atoms with E-state index in [-0.39, 0.29) is 0 Å². The maximum Gasteiger partial charge on any atom is 0.0315 e. The molecule has 17 heavy (non-hydrogen) atoms. The van der Waals surface area contributed by atoms with E-state index in [1.165, 1.54) is 30.2 Å². The van der Waals surface area contributed by atoms with Crippen molar-refractivity contribution in [1.82, 2.24) is 15.2 Å². The summed E-state index contributed by atoms with van der Waals surface area (Å²) >= 11 is 2.06. The summed E-state index contributed by atoms with van der Waals surface area (Å²) < 4.78 is 0. The Morgan fingerprint density at radius 1 is 1.47 bits per heavy atom. The lowest BCUT2D eigenvalue weighted by Gasteiger charge is -2.26. The predicted molar refractivity (Wildman–Crippen MR) is 74.4 cm³/mol. The van der Waals surface area contributed by atoms with E-state index in [0.717, 1.165) is 13.1 Å². The summed E-state index contributed by atoms with van der Waals surface area (Å²) in [4.78, 5) is 6.69. The second-order valence-electron chi connectivity index (χ2n) is 4.42. The molecule has 3 nitrogen and oxygen atoms in total. The first-order valence-corrected chi connectivity index (χ1v) is 7.45. The molecule has 2 heterocycles. The summed E-state index contributed by atoms with van der Waals surface area (Å²) in [6, 6.07) is 4.51. The van der Waals surface area contributed by atoms with E-state index in [1.807, 2.05) is 18.5 Å². The molecule has 2 rings (SSSR count). The molecule has 0 saturated carbocycles. The first kappa shape index (κ1) is 12.9. The van der Waals surface area contributed by atoms with Gasteiger partial charge < -0.3 is 10.2 Å². The number of pyridine rings is 1. The SMILES string of the molecule is CC(NCCN1CCSCC1)c1cccnc1. The molecule has 1 aromatic rings. The van der Waals surface area contributed by atoms with Crippen LogP contribution in [0.4, 0.5) is 0 Å². The van der Waals surface area contributed by atoms with Crippen LogP contribution in [0.3, 0.4) is 0 Å². The van der Waals surface area contributed by atoms with Gasteiger partial charge in [0.05, 0.1) is 0 Å². The summed E-state index contributed by atoms with van der Waals surface area (Å²) in [6.07, 6.45) is 3.76. The van der Waals surface area contributed by atoms with Crippen LogP contribution in [0.2, 0.25) is 0 Å². The van der Waals surface area contributed by atoms with Crippen molar-refractivity contribution in [2.75, 3.05) is 37.7 Å². The van der Waals surface area contributed by atoms with Crippen molar-refractivity contribution in [3.63, 3.8) is 0 Å². The van der Waals surface area contributed by atoms with Gasteiger partial charge in [0.15, 0.2) is 0 Å². The van der Waals surface area contributed by atoms with E-state index in [2.05, 4.69) is 40.0 Å². The van der Waals surface area contributed by atoms with Crippen molar-refractivity contribution in [3.05, 3.63) is 30.1 Å². The van der Waals surface area contributed by atoms with E-state index in [0.29, 0.717) is 6.04 Å². The number of aromatic nitrogens is 1. The minimum Gasteiger partial charge on any atom is -0.309 e. The van der Waals surface area contributed by atoms with Crippen LogP contribution in [-0.4, -0.2) is 47.6 Å². The van der Waals surface area contributed by atoms with Gasteiger partial charge in [0.1, 0.15) is 0 Å². The van der Waals surface area contributed by atoms with Gasteiger partial charge in [-0.25, -0.2) is 0 Å². The third kappa shape index (κ3) is 4.30. The molecular weight excluding hydrogens is 230 g/mol. The third-order valence-electron chi connectivity index (χ3n) is 3.17. The topological polar surface area (TPSA) is 28.2 Å². The quantitative estimate of drug-likeness (QED) is 0.863. The van der Waals surface area contributed by atoms with Crippen LogP contribution in [0, 0.1) is 0 Å². The van der Waals surface area contributed by atoms with Gasteiger partial charge in [-0.2, -0.15) is 11.8 Å². The van der Waals surface area contributed by atoms with Crippen LogP contribution in [0.25, 0.3) is 0 Å². The van der Waals surface area contributed by atoms with Crippen molar-refractivity contribution in [1.29, 1.82) is 0 Å². The van der Waals surface area contributed by atoms with Gasteiger partial charge in [0.2, 0.25) is 0 Å². The summed E-state index contributed by atoms with van der Waals surface area (Å²) in [5.74, 6) is 2.58. The normalized spacial score (nSPS) is 19.1. The van der Waals surface area contributed by atoms with E-state index in [4.69, 9.17) is 0 Å². The molecule has 0 aromatic carbocycles. The van der Waals surface area contributed by atoms with Crippen molar-refractivity contribution >= 4 is 11.8 Å². The molecule has 0 amide bonds. The van der Waals surface area contributed by atoms with Crippen LogP contribution >= 0.6 is 11.8 Å². The van der Waals surface area contributed by atoms with Gasteiger partial charge in [-0.05, 0) is 18.6 Å². The molecule has 0 radical (unpaired) electrons. The van der Waals surface area contributed by atoms with Gasteiger partial charge >= 0.3 is 0 Å². The van der Waals surface area contributed by atoms with Gasteiger partial charge in [-0.3, -0.25) is 4.98 Å². The molecule has 1 saturated heterocycles. The predicted octanol–water partition coefficient (Wildman–Crippen LogP) is 1.78. The van der Waals surface area contributed by atoms with Gasteiger partial charge in [0, 0.05) is 56.1 Å². The van der Waals surface area contributed by atoms with Crippen LogP contribution in [-0.2, 0) is 0 Å². The van der Waals surface area contributed by atoms with Crippen LogP contribution in [0.15, 0.2) is 24.5 Å². The lowest BCUT2D eigenvalue weighted by molar-refractivity contribution is 0.296. The van der Waals surface area contributed by atoms with Crippen LogP contribution in [0.5, 0.6) is 0 Å². The van der Waals surface area contributed by atoms with Crippen molar-refractivity contribution in [3.8, 4) is 0 Å². The minimum atomic E-state index is 0.392. The second-order valence-corrected chi connectivity index (χ2v) is 5.64. The smallest absolute Gasteiger partial charge is 0.0315 e. The van der Waals surface area contributed by atoms with E-state index < -0.39 is 0 Å². The molecule has 0 bridgehead atoms. The molecule has 0 aliphatic carbocycles. The maximum atomic E-state index is 4.15. The number of hydrogen-bond acceptors (Lipinski definition) is 4. The highest BCUT2D eigenvalue weighted by Crippen LogP contribution is 2.10. The number of hydrogen-bond donors (Lipinski definition) is 1. The minimum absolute atomic E-state index is 0.392. The Morgan fingerprint density at radius 2 is 2.29 bits per heavy atom. The molecule has 1 atom stereocenters. The molecule has 1 fully saturated rings. The molecule has 4 heteroatoms. The number of thioether (sulfide) groups is 1. The lowest BCUT2D eigenvalue weighted by Crippen LogP contribution is -2.38. The first-order chi connectivity index (χ1) is 8.36. The summed E-state index contributed by atoms with van der Waals surface area (Å²) in [5.41, 5.74) is 1.27. The van der Waals surface area contributed by atoms with Gasteiger partial charge in [-0.15, -0.1) is 0 Å². The second kappa shape index (κ2) is 6.99. The summed E-state index contributed by atoms with van der Waals surface area (Å²) in [7, 11) is 0. The molecule has 1 aliphatic rings. The highest BCUT2D eigenvalue weighted by Gasteiger charge is 2.10. The summed E-state index contributed by atoms with van der Waals surface area (Å²) in [5, 5.41) is 3.56. The zero-order chi connectivity index (χ0) is 11.9. The summed E-state index contributed by atoms with van der Waals surface area (Å²) in [6.45, 7) is 6.90. The average Bonchev–Trinajstić information content (AvgIpc) is 2.41. The van der Waals surface area contributed by atoms with E-state index >= 15 is 0 Å². The fraction of sp³-hybridized carbons (Fsp3) is 0.615. The highest BCUT2D eigenvalue weighted by molar-refractivity contribution is 7.99. The first-order valence-electron chi connectivity index (χ1n) is 6.29. The molecule has 94 valence electrons. The largest absolute Gasteiger partial charge is 0.309 e. The third-order valence-corrected chi connectivity index (χ3v) is 4.11. The molecule has 1 N–H and O–H groups in total. The monoisotopic (exact) mass is 251 g/mol. The number of rotatable bonds is 5. The number of nitrogens with zero attached hydrogens (tertiary/aromatic N) is 2. The standard InChI is InChI=1S/C13H21N3S/c1-12(13-3-2-4-14-11-13)15-5-6-16-7-9-17-10-8-16/h2-4,11-12,15H,5-10H2,1H3. The van der Waals surface area contributed by atoms with Crippen molar-refractivity contribution < 1.29 is 0 Å². The molecule has 0 spiro atoms. The fourth-order valence-corrected chi connectivity index (χ4v) is 2.99. The maximum absolute atomic E-state index is 4.15. The Bertz CT molecular complexity index is 312. The van der Waals surface area contributed by atoms with Crippen molar-refractivity contribution in [2.24, 2.45) is 0 Å². The zero-order valence-corrected chi connectivity index (χ0v) is 11.2. The molecule has 1 aromatic heterocycles. The fourth-order valence-electron chi connectivity index (χ4n) is 2.01. The zero-order valence-electron chi connectivity index (χ0n) is 10.4. The van der Waals surface area contributed by atoms with E-state index in [1.54, 1.807) is 0 Å². The highest BCUT2D eigenvalue weighted by atomic mass is 32.2.